The Bertz CT molecular complexity index is 868. The molecule has 0 radical (unpaired) electrons. The number of aryl methyl sites for hydroxylation is 2. The average molecular weight is 408 g/mol. The van der Waals surface area contributed by atoms with E-state index >= 15 is 0 Å². The highest BCUT2D eigenvalue weighted by Gasteiger charge is 2.17. The summed E-state index contributed by atoms with van der Waals surface area (Å²) >= 11 is 3.48. The van der Waals surface area contributed by atoms with Gasteiger partial charge in [-0.2, -0.15) is 0 Å². The Hall–Kier alpha value is -2.39. The van der Waals surface area contributed by atoms with Crippen LogP contribution in [0.1, 0.15) is 39.5 Å². The van der Waals surface area contributed by atoms with Crippen molar-refractivity contribution in [1.29, 1.82) is 0 Å². The Balaban J connectivity index is 1.84. The lowest BCUT2D eigenvalue weighted by atomic mass is 9.97. The fourth-order valence-electron chi connectivity index (χ4n) is 2.84. The molecule has 3 heteroatoms. The van der Waals surface area contributed by atoms with Crippen molar-refractivity contribution in [2.24, 2.45) is 0 Å². The summed E-state index contributed by atoms with van der Waals surface area (Å²) < 4.78 is 1.03. The summed E-state index contributed by atoms with van der Waals surface area (Å²) in [5, 5.41) is 3.52. The zero-order valence-corrected chi connectivity index (χ0v) is 16.6. The van der Waals surface area contributed by atoms with Crippen molar-refractivity contribution >= 4 is 27.4 Å². The molecule has 3 rings (SSSR count). The molecule has 0 bridgehead atoms. The number of carbonyl (C=O) groups is 1. The average Bonchev–Trinajstić information content (AvgIpc) is 2.64. The fourth-order valence-corrected chi connectivity index (χ4v) is 3.11. The van der Waals surface area contributed by atoms with Gasteiger partial charge in [0.05, 0.1) is 6.04 Å². The van der Waals surface area contributed by atoms with Crippen LogP contribution in [0.15, 0.2) is 77.3 Å². The van der Waals surface area contributed by atoms with Gasteiger partial charge < -0.3 is 5.32 Å². The van der Waals surface area contributed by atoms with Gasteiger partial charge in [-0.3, -0.25) is 4.79 Å². The van der Waals surface area contributed by atoms with E-state index in [1.165, 1.54) is 5.56 Å². The topological polar surface area (TPSA) is 29.1 Å². The van der Waals surface area contributed by atoms with Gasteiger partial charge >= 0.3 is 0 Å². The van der Waals surface area contributed by atoms with Crippen LogP contribution in [0.4, 0.5) is 5.69 Å². The molecule has 0 heterocycles. The molecule has 0 spiro atoms. The molecule has 0 aliphatic rings. The van der Waals surface area contributed by atoms with Crippen molar-refractivity contribution in [2.45, 2.75) is 26.3 Å². The maximum absolute atomic E-state index is 12.8. The van der Waals surface area contributed by atoms with Gasteiger partial charge in [-0.15, -0.1) is 0 Å². The predicted molar refractivity (Wildman–Crippen MR) is 112 cm³/mol. The minimum Gasteiger partial charge on any atom is -0.378 e. The van der Waals surface area contributed by atoms with Gasteiger partial charge in [-0.05, 0) is 43.7 Å². The van der Waals surface area contributed by atoms with Crippen LogP contribution in [0, 0.1) is 13.8 Å². The standard InChI is InChI=1S/C23H22BrNO/c1-16-3-7-19(8-4-16)23(26)15-22(18-9-11-20(24)12-10-18)25-21-13-5-17(2)6-14-21/h3-14,22,25H,15H2,1-2H3. The van der Waals surface area contributed by atoms with Gasteiger partial charge in [0, 0.05) is 22.1 Å². The number of halogens is 1. The first-order chi connectivity index (χ1) is 12.5. The van der Waals surface area contributed by atoms with Crippen molar-refractivity contribution in [2.75, 3.05) is 5.32 Å². The number of carbonyl (C=O) groups excluding carboxylic acids is 1. The van der Waals surface area contributed by atoms with E-state index in [1.54, 1.807) is 0 Å². The van der Waals surface area contributed by atoms with E-state index in [9.17, 15) is 4.79 Å². The molecule has 132 valence electrons. The summed E-state index contributed by atoms with van der Waals surface area (Å²) in [6.45, 7) is 4.09. The number of ketones is 1. The lowest BCUT2D eigenvalue weighted by Gasteiger charge is -2.20. The monoisotopic (exact) mass is 407 g/mol. The van der Waals surface area contributed by atoms with Crippen LogP contribution in [0.25, 0.3) is 0 Å². The first-order valence-electron chi connectivity index (χ1n) is 8.70. The van der Waals surface area contributed by atoms with Crippen LogP contribution in [0.3, 0.4) is 0 Å². The van der Waals surface area contributed by atoms with Crippen molar-refractivity contribution in [1.82, 2.24) is 0 Å². The molecule has 0 fully saturated rings. The molecule has 0 saturated carbocycles. The fraction of sp³-hybridized carbons (Fsp3) is 0.174. The van der Waals surface area contributed by atoms with Crippen LogP contribution in [-0.4, -0.2) is 5.78 Å². The third-order valence-corrected chi connectivity index (χ3v) is 4.96. The largest absolute Gasteiger partial charge is 0.378 e. The molecule has 0 saturated heterocycles. The highest BCUT2D eigenvalue weighted by Crippen LogP contribution is 2.26. The summed E-state index contributed by atoms with van der Waals surface area (Å²) in [4.78, 5) is 12.8. The molecule has 1 unspecified atom stereocenters. The third kappa shape index (κ3) is 4.83. The van der Waals surface area contributed by atoms with Crippen LogP contribution in [0.5, 0.6) is 0 Å². The lowest BCUT2D eigenvalue weighted by Crippen LogP contribution is -2.16. The highest BCUT2D eigenvalue weighted by molar-refractivity contribution is 9.10. The number of hydrogen-bond donors (Lipinski definition) is 1. The number of Topliss-reactive ketones (excluding diaryl/α,β-unsaturated/α-hetero) is 1. The van der Waals surface area contributed by atoms with Gasteiger partial charge in [0.2, 0.25) is 0 Å². The predicted octanol–water partition coefficient (Wildman–Crippen LogP) is 6.49. The number of benzene rings is 3. The number of rotatable bonds is 6. The molecule has 0 aliphatic heterocycles. The Morgan fingerprint density at radius 1 is 0.846 bits per heavy atom. The van der Waals surface area contributed by atoms with Gasteiger partial charge in [-0.25, -0.2) is 0 Å². The second-order valence-corrected chi connectivity index (χ2v) is 7.52. The Morgan fingerprint density at radius 2 is 1.38 bits per heavy atom. The minimum atomic E-state index is -0.0837. The SMILES string of the molecule is Cc1ccc(NC(CC(=O)c2ccc(C)cc2)c2ccc(Br)cc2)cc1. The Labute approximate surface area is 163 Å². The summed E-state index contributed by atoms with van der Waals surface area (Å²) in [7, 11) is 0. The Morgan fingerprint density at radius 3 is 1.96 bits per heavy atom. The van der Waals surface area contributed by atoms with Crippen LogP contribution in [0.2, 0.25) is 0 Å². The van der Waals surface area contributed by atoms with E-state index < -0.39 is 0 Å². The normalized spacial score (nSPS) is 11.8. The molecular formula is C23H22BrNO. The number of nitrogens with one attached hydrogen (secondary N) is 1. The molecule has 0 aliphatic carbocycles. The molecule has 0 aromatic heterocycles. The summed E-state index contributed by atoms with van der Waals surface area (Å²) in [6, 6.07) is 24.1. The maximum atomic E-state index is 12.8. The van der Waals surface area contributed by atoms with Crippen molar-refractivity contribution < 1.29 is 4.79 Å². The number of anilines is 1. The van der Waals surface area contributed by atoms with Gasteiger partial charge in [-0.1, -0.05) is 75.6 Å². The molecular weight excluding hydrogens is 386 g/mol. The molecule has 26 heavy (non-hydrogen) atoms. The van der Waals surface area contributed by atoms with E-state index in [0.29, 0.717) is 6.42 Å². The smallest absolute Gasteiger partial charge is 0.165 e. The van der Waals surface area contributed by atoms with Crippen molar-refractivity contribution in [3.63, 3.8) is 0 Å². The minimum absolute atomic E-state index is 0.0837. The van der Waals surface area contributed by atoms with Gasteiger partial charge in [0.1, 0.15) is 0 Å². The molecule has 1 N–H and O–H groups in total. The van der Waals surface area contributed by atoms with Crippen molar-refractivity contribution in [3.05, 3.63) is 99.5 Å². The van der Waals surface area contributed by atoms with Gasteiger partial charge in [0.25, 0.3) is 0 Å². The van der Waals surface area contributed by atoms with E-state index in [4.69, 9.17) is 0 Å². The molecule has 3 aromatic carbocycles. The molecule has 0 amide bonds. The van der Waals surface area contributed by atoms with Gasteiger partial charge in [0.15, 0.2) is 5.78 Å². The van der Waals surface area contributed by atoms with E-state index in [2.05, 4.69) is 64.6 Å². The highest BCUT2D eigenvalue weighted by atomic mass is 79.9. The summed E-state index contributed by atoms with van der Waals surface area (Å²) in [6.07, 6.45) is 0.401. The Kier molecular flexibility index (Phi) is 5.89. The van der Waals surface area contributed by atoms with Crippen LogP contribution < -0.4 is 5.32 Å². The zero-order valence-electron chi connectivity index (χ0n) is 15.0. The zero-order chi connectivity index (χ0) is 18.5. The first kappa shape index (κ1) is 18.4. The van der Waals surface area contributed by atoms with E-state index in [0.717, 1.165) is 26.9 Å². The molecule has 3 aromatic rings. The maximum Gasteiger partial charge on any atom is 0.165 e. The lowest BCUT2D eigenvalue weighted by molar-refractivity contribution is 0.0976. The van der Waals surface area contributed by atoms with E-state index in [-0.39, 0.29) is 11.8 Å². The third-order valence-electron chi connectivity index (χ3n) is 4.43. The number of hydrogen-bond acceptors (Lipinski definition) is 2. The first-order valence-corrected chi connectivity index (χ1v) is 9.49. The van der Waals surface area contributed by atoms with E-state index in [1.807, 2.05) is 43.3 Å². The second-order valence-electron chi connectivity index (χ2n) is 6.61. The van der Waals surface area contributed by atoms with Crippen LogP contribution >= 0.6 is 15.9 Å². The quantitative estimate of drug-likeness (QED) is 0.472. The molecule has 2 nitrogen and oxygen atoms in total. The second kappa shape index (κ2) is 8.33. The summed E-state index contributed by atoms with van der Waals surface area (Å²) in [5.74, 6) is 0.137. The summed E-state index contributed by atoms with van der Waals surface area (Å²) in [5.41, 5.74) is 5.23. The molecule has 1 atom stereocenters. The van der Waals surface area contributed by atoms with Crippen LogP contribution in [-0.2, 0) is 0 Å². The van der Waals surface area contributed by atoms with Crippen molar-refractivity contribution in [3.8, 4) is 0 Å².